The van der Waals surface area contributed by atoms with Crippen LogP contribution in [0.25, 0.3) is 11.1 Å². The number of carboxylic acid groups (broad SMARTS) is 1. The van der Waals surface area contributed by atoms with Crippen molar-refractivity contribution in [3.8, 4) is 11.1 Å². The first-order valence-corrected chi connectivity index (χ1v) is 11.6. The standard InChI is InChI=1S/C28H32N4O4/c1-28(2,3)24(16-33)32-26(34)18-10-13-22(23(14-18)27(35)36)21-7-5-4-6-19(21)15-31-20-11-8-17(9-12-20)25(29)30/h4-14,24,31,33H,15-16H2,1-3H3,(H3,29,30)(H,32,34)(H,35,36)/t24-/m1/s1. The molecular formula is C28H32N4O4. The van der Waals surface area contributed by atoms with Gasteiger partial charge in [-0.1, -0.05) is 51.1 Å². The van der Waals surface area contributed by atoms with E-state index in [1.165, 1.54) is 6.07 Å². The second-order valence-electron chi connectivity index (χ2n) is 9.64. The Morgan fingerprint density at radius 3 is 2.19 bits per heavy atom. The summed E-state index contributed by atoms with van der Waals surface area (Å²) in [5.74, 6) is -1.59. The molecule has 1 atom stereocenters. The number of amidine groups is 1. The zero-order valence-corrected chi connectivity index (χ0v) is 20.6. The lowest BCUT2D eigenvalue weighted by Crippen LogP contribution is -2.46. The third-order valence-electron chi connectivity index (χ3n) is 6.03. The summed E-state index contributed by atoms with van der Waals surface area (Å²) in [5.41, 5.74) is 8.93. The summed E-state index contributed by atoms with van der Waals surface area (Å²) in [6.07, 6.45) is 0. The van der Waals surface area contributed by atoms with Gasteiger partial charge in [-0.3, -0.25) is 10.2 Å². The molecule has 0 unspecified atom stereocenters. The maximum atomic E-state index is 12.8. The molecule has 0 fully saturated rings. The largest absolute Gasteiger partial charge is 0.478 e. The van der Waals surface area contributed by atoms with Crippen molar-refractivity contribution in [2.24, 2.45) is 11.1 Å². The summed E-state index contributed by atoms with van der Waals surface area (Å²) < 4.78 is 0. The van der Waals surface area contributed by atoms with Crippen molar-refractivity contribution in [2.45, 2.75) is 33.4 Å². The fraction of sp³-hybridized carbons (Fsp3) is 0.250. The third kappa shape index (κ3) is 6.28. The van der Waals surface area contributed by atoms with Gasteiger partial charge in [0.2, 0.25) is 0 Å². The van der Waals surface area contributed by atoms with E-state index in [-0.39, 0.29) is 29.0 Å². The highest BCUT2D eigenvalue weighted by molar-refractivity contribution is 6.02. The van der Waals surface area contributed by atoms with Crippen LogP contribution in [0.1, 0.15) is 52.6 Å². The Labute approximate surface area is 210 Å². The fourth-order valence-electron chi connectivity index (χ4n) is 3.78. The molecule has 3 aromatic carbocycles. The number of aliphatic hydroxyl groups excluding tert-OH is 1. The van der Waals surface area contributed by atoms with Gasteiger partial charge in [-0.25, -0.2) is 4.79 Å². The van der Waals surface area contributed by atoms with Crippen LogP contribution in [0.15, 0.2) is 66.7 Å². The Balaban J connectivity index is 1.89. The number of hydrogen-bond acceptors (Lipinski definition) is 5. The molecule has 0 bridgehead atoms. The van der Waals surface area contributed by atoms with Crippen molar-refractivity contribution in [3.63, 3.8) is 0 Å². The van der Waals surface area contributed by atoms with E-state index in [9.17, 15) is 19.8 Å². The molecule has 0 aliphatic carbocycles. The molecule has 0 aliphatic heterocycles. The summed E-state index contributed by atoms with van der Waals surface area (Å²) >= 11 is 0. The SMILES string of the molecule is CC(C)(C)[C@@H](CO)NC(=O)c1ccc(-c2ccccc2CNc2ccc(C(=N)N)cc2)c(C(=O)O)c1. The van der Waals surface area contributed by atoms with Crippen LogP contribution in [0.4, 0.5) is 5.69 Å². The van der Waals surface area contributed by atoms with E-state index < -0.39 is 17.9 Å². The molecule has 0 heterocycles. The average molecular weight is 489 g/mol. The van der Waals surface area contributed by atoms with Crippen LogP contribution in [0, 0.1) is 10.8 Å². The molecule has 3 rings (SSSR count). The molecule has 7 N–H and O–H groups in total. The number of benzene rings is 3. The molecule has 0 aliphatic rings. The second-order valence-corrected chi connectivity index (χ2v) is 9.64. The molecule has 0 spiro atoms. The van der Waals surface area contributed by atoms with Gasteiger partial charge in [0, 0.05) is 23.4 Å². The summed E-state index contributed by atoms with van der Waals surface area (Å²) in [7, 11) is 0. The van der Waals surface area contributed by atoms with E-state index in [0.29, 0.717) is 17.7 Å². The molecule has 3 aromatic rings. The number of nitrogens with two attached hydrogens (primary N) is 1. The normalized spacial score (nSPS) is 12.0. The summed E-state index contributed by atoms with van der Waals surface area (Å²) in [5, 5.41) is 33.2. The van der Waals surface area contributed by atoms with Gasteiger partial charge >= 0.3 is 5.97 Å². The number of amides is 1. The molecule has 1 amide bonds. The van der Waals surface area contributed by atoms with E-state index in [0.717, 1.165) is 16.8 Å². The monoisotopic (exact) mass is 488 g/mol. The minimum absolute atomic E-state index is 0.00416. The van der Waals surface area contributed by atoms with Crippen molar-refractivity contribution in [1.29, 1.82) is 5.41 Å². The number of aromatic carboxylic acids is 1. The summed E-state index contributed by atoms with van der Waals surface area (Å²) in [6, 6.07) is 18.8. The Morgan fingerprint density at radius 1 is 0.972 bits per heavy atom. The zero-order chi connectivity index (χ0) is 26.5. The van der Waals surface area contributed by atoms with Gasteiger partial charge in [-0.05, 0) is 58.5 Å². The van der Waals surface area contributed by atoms with Crippen molar-refractivity contribution >= 4 is 23.4 Å². The van der Waals surface area contributed by atoms with E-state index in [2.05, 4.69) is 10.6 Å². The number of hydrogen-bond donors (Lipinski definition) is 6. The third-order valence-corrected chi connectivity index (χ3v) is 6.03. The number of nitrogens with one attached hydrogen (secondary N) is 3. The van der Waals surface area contributed by atoms with Crippen molar-refractivity contribution in [1.82, 2.24) is 5.32 Å². The van der Waals surface area contributed by atoms with Gasteiger partial charge in [-0.2, -0.15) is 0 Å². The topological polar surface area (TPSA) is 149 Å². The minimum Gasteiger partial charge on any atom is -0.478 e. The molecule has 0 saturated carbocycles. The molecule has 8 heteroatoms. The van der Waals surface area contributed by atoms with Gasteiger partial charge < -0.3 is 26.6 Å². The Bertz CT molecular complexity index is 1260. The highest BCUT2D eigenvalue weighted by atomic mass is 16.4. The first kappa shape index (κ1) is 26.4. The first-order valence-electron chi connectivity index (χ1n) is 11.6. The summed E-state index contributed by atoms with van der Waals surface area (Å²) in [4.78, 5) is 25.0. The maximum absolute atomic E-state index is 12.8. The predicted molar refractivity (Wildman–Crippen MR) is 141 cm³/mol. The molecule has 188 valence electrons. The number of carbonyl (C=O) groups excluding carboxylic acids is 1. The van der Waals surface area contributed by atoms with E-state index >= 15 is 0 Å². The summed E-state index contributed by atoms with van der Waals surface area (Å²) in [6.45, 7) is 5.92. The van der Waals surface area contributed by atoms with Crippen LogP contribution in [0.2, 0.25) is 0 Å². The second kappa shape index (κ2) is 11.0. The number of nitrogen functional groups attached to an aromatic ring is 1. The quantitative estimate of drug-likeness (QED) is 0.197. The molecule has 36 heavy (non-hydrogen) atoms. The zero-order valence-electron chi connectivity index (χ0n) is 20.6. The van der Waals surface area contributed by atoms with Gasteiger partial charge in [-0.15, -0.1) is 0 Å². The highest BCUT2D eigenvalue weighted by Crippen LogP contribution is 2.29. The Kier molecular flexibility index (Phi) is 8.11. The van der Waals surface area contributed by atoms with Crippen LogP contribution in [-0.2, 0) is 6.54 Å². The number of carboxylic acids is 1. The Morgan fingerprint density at radius 2 is 1.61 bits per heavy atom. The van der Waals surface area contributed by atoms with Crippen LogP contribution in [-0.4, -0.2) is 40.6 Å². The number of carbonyl (C=O) groups is 2. The number of anilines is 1. The minimum atomic E-state index is -1.14. The van der Waals surface area contributed by atoms with Crippen LogP contribution in [0.3, 0.4) is 0 Å². The molecule has 0 aromatic heterocycles. The number of rotatable bonds is 9. The van der Waals surface area contributed by atoms with Crippen LogP contribution >= 0.6 is 0 Å². The van der Waals surface area contributed by atoms with Crippen LogP contribution < -0.4 is 16.4 Å². The van der Waals surface area contributed by atoms with Gasteiger partial charge in [0.1, 0.15) is 5.84 Å². The lowest BCUT2D eigenvalue weighted by atomic mass is 9.87. The molecule has 0 radical (unpaired) electrons. The van der Waals surface area contributed by atoms with E-state index in [4.69, 9.17) is 11.1 Å². The fourth-order valence-corrected chi connectivity index (χ4v) is 3.78. The molecule has 0 saturated heterocycles. The van der Waals surface area contributed by atoms with Crippen molar-refractivity contribution < 1.29 is 19.8 Å². The van der Waals surface area contributed by atoms with Crippen molar-refractivity contribution in [3.05, 3.63) is 89.0 Å². The molecule has 8 nitrogen and oxygen atoms in total. The van der Waals surface area contributed by atoms with Gasteiger partial charge in [0.15, 0.2) is 0 Å². The van der Waals surface area contributed by atoms with Crippen LogP contribution in [0.5, 0.6) is 0 Å². The average Bonchev–Trinajstić information content (AvgIpc) is 2.85. The Hall–Kier alpha value is -4.17. The lowest BCUT2D eigenvalue weighted by molar-refractivity contribution is 0.0697. The maximum Gasteiger partial charge on any atom is 0.336 e. The van der Waals surface area contributed by atoms with Gasteiger partial charge in [0.05, 0.1) is 18.2 Å². The number of aliphatic hydroxyl groups is 1. The van der Waals surface area contributed by atoms with Gasteiger partial charge in [0.25, 0.3) is 5.91 Å². The van der Waals surface area contributed by atoms with Crippen molar-refractivity contribution in [2.75, 3.05) is 11.9 Å². The molecular weight excluding hydrogens is 456 g/mol. The highest BCUT2D eigenvalue weighted by Gasteiger charge is 2.26. The lowest BCUT2D eigenvalue weighted by Gasteiger charge is -2.29. The smallest absolute Gasteiger partial charge is 0.336 e. The predicted octanol–water partition coefficient (Wildman–Crippen LogP) is 4.08. The van der Waals surface area contributed by atoms with E-state index in [1.807, 2.05) is 57.2 Å². The first-order chi connectivity index (χ1) is 17.0. The van der Waals surface area contributed by atoms with E-state index in [1.54, 1.807) is 24.3 Å².